The summed E-state index contributed by atoms with van der Waals surface area (Å²) in [6.45, 7) is 5.29. The molecule has 0 saturated heterocycles. The highest BCUT2D eigenvalue weighted by molar-refractivity contribution is 6.31. The summed E-state index contributed by atoms with van der Waals surface area (Å²) in [5, 5.41) is 10.1. The maximum absolute atomic E-state index is 13.9. The zero-order chi connectivity index (χ0) is 12.5. The third-order valence-electron chi connectivity index (χ3n) is 2.70. The van der Waals surface area contributed by atoms with Crippen molar-refractivity contribution in [1.29, 1.82) is 0 Å². The van der Waals surface area contributed by atoms with Crippen LogP contribution in [0, 0.1) is 18.7 Å². The largest absolute Gasteiger partial charge is 0.391 e. The van der Waals surface area contributed by atoms with Crippen LogP contribution in [0.3, 0.4) is 0 Å². The van der Waals surface area contributed by atoms with Gasteiger partial charge in [0.25, 0.3) is 0 Å². The normalized spacial score (nSPS) is 14.4. The van der Waals surface area contributed by atoms with Gasteiger partial charge < -0.3 is 10.8 Å². The third kappa shape index (κ3) is 3.55. The average molecular weight is 282 g/mol. The fraction of sp³-hybridized carbons (Fsp3) is 0.500. The minimum absolute atomic E-state index is 0. The maximum atomic E-state index is 13.9. The lowest BCUT2D eigenvalue weighted by Crippen LogP contribution is -2.31. The van der Waals surface area contributed by atoms with Gasteiger partial charge in [0.2, 0.25) is 0 Å². The molecule has 0 bridgehead atoms. The summed E-state index contributed by atoms with van der Waals surface area (Å²) in [4.78, 5) is 0. The summed E-state index contributed by atoms with van der Waals surface area (Å²) in [5.74, 6) is -0.481. The summed E-state index contributed by atoms with van der Waals surface area (Å²) < 4.78 is 13.9. The number of hydrogen-bond acceptors (Lipinski definition) is 2. The monoisotopic (exact) mass is 281 g/mol. The molecule has 0 heterocycles. The molecule has 1 aromatic rings. The van der Waals surface area contributed by atoms with Crippen molar-refractivity contribution in [3.63, 3.8) is 0 Å². The number of aryl methyl sites for hydroxylation is 1. The Morgan fingerprint density at radius 1 is 1.35 bits per heavy atom. The molecule has 0 aliphatic heterocycles. The first-order chi connectivity index (χ1) is 7.36. The van der Waals surface area contributed by atoms with Gasteiger partial charge >= 0.3 is 0 Å². The molecule has 3 N–H and O–H groups in total. The van der Waals surface area contributed by atoms with Crippen LogP contribution in [-0.2, 0) is 0 Å². The van der Waals surface area contributed by atoms with Crippen LogP contribution in [0.5, 0.6) is 0 Å². The predicted octanol–water partition coefficient (Wildman–Crippen LogP) is 3.23. The second kappa shape index (κ2) is 6.55. The van der Waals surface area contributed by atoms with Gasteiger partial charge in [-0.1, -0.05) is 31.5 Å². The van der Waals surface area contributed by atoms with E-state index in [-0.39, 0.29) is 28.9 Å². The molecule has 0 spiro atoms. The molecule has 1 aromatic carbocycles. The van der Waals surface area contributed by atoms with Gasteiger partial charge in [-0.2, -0.15) is 0 Å². The van der Waals surface area contributed by atoms with Crippen LogP contribution >= 0.6 is 24.0 Å². The van der Waals surface area contributed by atoms with Gasteiger partial charge in [0.05, 0.1) is 12.1 Å². The van der Waals surface area contributed by atoms with E-state index in [1.165, 1.54) is 0 Å². The summed E-state index contributed by atoms with van der Waals surface area (Å²) in [5.41, 5.74) is 6.51. The fourth-order valence-electron chi connectivity index (χ4n) is 1.57. The van der Waals surface area contributed by atoms with E-state index in [9.17, 15) is 9.50 Å². The highest BCUT2D eigenvalue weighted by Crippen LogP contribution is 2.30. The zero-order valence-corrected chi connectivity index (χ0v) is 11.6. The highest BCUT2D eigenvalue weighted by Gasteiger charge is 2.25. The minimum Gasteiger partial charge on any atom is -0.391 e. The SMILES string of the molecule is Cc1ccc(Cl)c([C@H](N)[C@H](O)C(C)C)c1F.Cl. The summed E-state index contributed by atoms with van der Waals surface area (Å²) in [6.07, 6.45) is -0.811. The number of halogens is 3. The van der Waals surface area contributed by atoms with Crippen LogP contribution < -0.4 is 5.73 Å². The zero-order valence-electron chi connectivity index (χ0n) is 10.1. The first-order valence-corrected chi connectivity index (χ1v) is 5.62. The van der Waals surface area contributed by atoms with E-state index in [4.69, 9.17) is 17.3 Å². The topological polar surface area (TPSA) is 46.2 Å². The van der Waals surface area contributed by atoms with Crippen molar-refractivity contribution in [2.75, 3.05) is 0 Å². The Morgan fingerprint density at radius 3 is 2.35 bits per heavy atom. The lowest BCUT2D eigenvalue weighted by molar-refractivity contribution is 0.0966. The fourth-order valence-corrected chi connectivity index (χ4v) is 1.84. The van der Waals surface area contributed by atoms with Gasteiger partial charge in [0, 0.05) is 10.6 Å². The van der Waals surface area contributed by atoms with E-state index < -0.39 is 18.0 Å². The molecule has 0 aliphatic carbocycles. The number of benzene rings is 1. The number of nitrogens with two attached hydrogens (primary N) is 1. The number of rotatable bonds is 3. The Kier molecular flexibility index (Phi) is 6.41. The molecule has 0 amide bonds. The van der Waals surface area contributed by atoms with Crippen molar-refractivity contribution < 1.29 is 9.50 Å². The van der Waals surface area contributed by atoms with E-state index in [1.807, 2.05) is 13.8 Å². The van der Waals surface area contributed by atoms with E-state index in [0.29, 0.717) is 5.56 Å². The van der Waals surface area contributed by atoms with Gasteiger partial charge in [0.1, 0.15) is 5.82 Å². The first-order valence-electron chi connectivity index (χ1n) is 5.24. The molecule has 98 valence electrons. The van der Waals surface area contributed by atoms with Crippen LogP contribution in [0.2, 0.25) is 5.02 Å². The molecule has 0 radical (unpaired) electrons. The highest BCUT2D eigenvalue weighted by atomic mass is 35.5. The molecule has 2 atom stereocenters. The van der Waals surface area contributed by atoms with Gasteiger partial charge in [0.15, 0.2) is 0 Å². The second-order valence-electron chi connectivity index (χ2n) is 4.35. The van der Waals surface area contributed by atoms with Gasteiger partial charge in [-0.05, 0) is 24.5 Å². The standard InChI is InChI=1S/C12H17ClFNO.ClH/c1-6(2)12(16)11(15)9-8(13)5-4-7(3)10(9)14;/h4-6,11-12,16H,15H2,1-3H3;1H/t11-,12+;/m0./s1. The van der Waals surface area contributed by atoms with Crippen LogP contribution in [0.25, 0.3) is 0 Å². The van der Waals surface area contributed by atoms with Crippen molar-refractivity contribution in [3.8, 4) is 0 Å². The van der Waals surface area contributed by atoms with Gasteiger partial charge in [-0.15, -0.1) is 12.4 Å². The Balaban J connectivity index is 0.00000256. The lowest BCUT2D eigenvalue weighted by Gasteiger charge is -2.24. The molecule has 0 aliphatic rings. The molecular formula is C12H18Cl2FNO. The van der Waals surface area contributed by atoms with Gasteiger partial charge in [-0.3, -0.25) is 0 Å². The second-order valence-corrected chi connectivity index (χ2v) is 4.76. The maximum Gasteiger partial charge on any atom is 0.132 e. The molecule has 17 heavy (non-hydrogen) atoms. The Bertz CT molecular complexity index is 385. The molecule has 2 nitrogen and oxygen atoms in total. The van der Waals surface area contributed by atoms with Gasteiger partial charge in [-0.25, -0.2) is 4.39 Å². The van der Waals surface area contributed by atoms with Crippen LogP contribution in [0.1, 0.15) is 31.0 Å². The first kappa shape index (κ1) is 16.6. The Hall–Kier alpha value is -0.350. The van der Waals surface area contributed by atoms with Crippen LogP contribution in [0.15, 0.2) is 12.1 Å². The van der Waals surface area contributed by atoms with Crippen molar-refractivity contribution >= 4 is 24.0 Å². The van der Waals surface area contributed by atoms with E-state index in [0.717, 1.165) is 0 Å². The number of hydrogen-bond donors (Lipinski definition) is 2. The third-order valence-corrected chi connectivity index (χ3v) is 3.03. The summed E-state index contributed by atoms with van der Waals surface area (Å²) >= 11 is 5.91. The molecule has 1 rings (SSSR count). The predicted molar refractivity (Wildman–Crippen MR) is 71.2 cm³/mol. The minimum atomic E-state index is -0.811. The van der Waals surface area contributed by atoms with Crippen molar-refractivity contribution in [2.24, 2.45) is 11.7 Å². The van der Waals surface area contributed by atoms with Crippen LogP contribution in [-0.4, -0.2) is 11.2 Å². The molecule has 5 heteroatoms. The van der Waals surface area contributed by atoms with E-state index >= 15 is 0 Å². The summed E-state index contributed by atoms with van der Waals surface area (Å²) in [6, 6.07) is 2.39. The Morgan fingerprint density at radius 2 is 1.88 bits per heavy atom. The average Bonchev–Trinajstić information content (AvgIpc) is 2.22. The smallest absolute Gasteiger partial charge is 0.132 e. The number of aliphatic hydroxyl groups is 1. The van der Waals surface area contributed by atoms with Crippen molar-refractivity contribution in [2.45, 2.75) is 32.9 Å². The Labute approximate surface area is 112 Å². The molecule has 0 aromatic heterocycles. The van der Waals surface area contributed by atoms with E-state index in [2.05, 4.69) is 0 Å². The number of aliphatic hydroxyl groups excluding tert-OH is 1. The lowest BCUT2D eigenvalue weighted by atomic mass is 9.93. The van der Waals surface area contributed by atoms with Crippen molar-refractivity contribution in [1.82, 2.24) is 0 Å². The molecule has 0 unspecified atom stereocenters. The van der Waals surface area contributed by atoms with Crippen molar-refractivity contribution in [3.05, 3.63) is 34.1 Å². The summed E-state index contributed by atoms with van der Waals surface area (Å²) in [7, 11) is 0. The van der Waals surface area contributed by atoms with Crippen LogP contribution in [0.4, 0.5) is 4.39 Å². The molecule has 0 fully saturated rings. The van der Waals surface area contributed by atoms with E-state index in [1.54, 1.807) is 19.1 Å². The molecular weight excluding hydrogens is 264 g/mol. The molecule has 0 saturated carbocycles. The quantitative estimate of drug-likeness (QED) is 0.894.